The van der Waals surface area contributed by atoms with Crippen molar-refractivity contribution < 1.29 is 64.4 Å². The molecule has 0 unspecified atom stereocenters. The van der Waals surface area contributed by atoms with Crippen molar-refractivity contribution in [3.8, 4) is 11.1 Å². The van der Waals surface area contributed by atoms with Gasteiger partial charge in [0.1, 0.15) is 11.3 Å². The summed E-state index contributed by atoms with van der Waals surface area (Å²) in [7, 11) is 0. The lowest BCUT2D eigenvalue weighted by Gasteiger charge is -2.29. The zero-order chi connectivity index (χ0) is 104. The lowest BCUT2D eigenvalue weighted by molar-refractivity contribution is -0.136. The summed E-state index contributed by atoms with van der Waals surface area (Å²) in [6, 6.07) is 42.2. The van der Waals surface area contributed by atoms with Gasteiger partial charge in [0, 0.05) is 147 Å². The second kappa shape index (κ2) is 52.2. The van der Waals surface area contributed by atoms with Crippen LogP contribution in [-0.4, -0.2) is 192 Å². The summed E-state index contributed by atoms with van der Waals surface area (Å²) in [5.74, 6) is -2.25. The molecule has 2 aliphatic rings. The second-order valence-electron chi connectivity index (χ2n) is 33.0. The van der Waals surface area contributed by atoms with Gasteiger partial charge in [0.15, 0.2) is 0 Å². The first kappa shape index (κ1) is 110. The van der Waals surface area contributed by atoms with Gasteiger partial charge in [0.2, 0.25) is 11.6 Å². The normalized spacial score (nSPS) is 12.0. The Morgan fingerprint density at radius 1 is 0.308 bits per heavy atom. The van der Waals surface area contributed by atoms with E-state index in [1.54, 1.807) is 54.9 Å². The number of rotatable bonds is 25. The molecule has 0 radical (unpaired) electrons. The number of hydrogen-bond acceptors (Lipinski definition) is 25. The molecule has 2 aliphatic heterocycles. The van der Waals surface area contributed by atoms with Crippen LogP contribution in [0.25, 0.3) is 77.3 Å². The van der Waals surface area contributed by atoms with Gasteiger partial charge in [0.25, 0.3) is 11.8 Å². The minimum Gasteiger partial charge on any atom is -0.396 e. The zero-order valence-corrected chi connectivity index (χ0v) is 80.8. The van der Waals surface area contributed by atoms with E-state index in [-0.39, 0.29) is 102 Å². The van der Waals surface area contributed by atoms with Gasteiger partial charge in [-0.1, -0.05) is 95.0 Å². The number of aliphatic hydroxyl groups excluding tert-OH is 8. The van der Waals surface area contributed by atoms with E-state index in [0.29, 0.717) is 160 Å². The number of aliphatic hydroxyl groups is 8. The minimum absolute atomic E-state index is 0.00735. The third-order valence-electron chi connectivity index (χ3n) is 22.7. The van der Waals surface area contributed by atoms with E-state index >= 15 is 0 Å². The number of benzene rings is 8. The van der Waals surface area contributed by atoms with Crippen LogP contribution in [0, 0.1) is 40.4 Å². The van der Waals surface area contributed by atoms with Gasteiger partial charge in [-0.05, 0) is 216 Å². The smallest absolute Gasteiger partial charge is 0.316 e. The number of aromatic nitrogens is 13. The number of aryl methyl sites for hydroxylation is 11. The van der Waals surface area contributed by atoms with Gasteiger partial charge in [-0.25, -0.2) is 4.39 Å². The molecule has 17 rings (SSSR count). The fourth-order valence-electron chi connectivity index (χ4n) is 15.6. The van der Waals surface area contributed by atoms with Crippen molar-refractivity contribution in [1.82, 2.24) is 62.3 Å². The van der Waals surface area contributed by atoms with Crippen LogP contribution in [0.2, 0.25) is 15.1 Å². The molecule has 43 heteroatoms. The van der Waals surface area contributed by atoms with Gasteiger partial charge in [-0.2, -0.15) is 0 Å². The number of para-hydroxylation sites is 2. The molecule has 8 aromatic carbocycles. The molecule has 14 N–H and O–H groups in total. The maximum absolute atomic E-state index is 13.5. The summed E-state index contributed by atoms with van der Waals surface area (Å²) >= 11 is 17.7. The van der Waals surface area contributed by atoms with E-state index in [2.05, 4.69) is 34.9 Å². The number of pyridine rings is 1. The SMILES string of the molecule is Cc1cc2c(cc1C)N(CCCO)C(=O)C(=O)C2.Cc1ccc2c(c1)CC(=O)C(=O)N2CCCO.Cc1ccc2c(c1)[nH]c(=O)c(=O)n2CCCO.Cc1ccc2c(c1)[nH]c(=O)c(=O)n2CCCO.O=c1[nH]c2c(Cl)cccc2n(CCCO)c1=O.O=c1[nH]c2c(F)cccc2n(CCCO)c1=O.O=c1[nH]c2cc(Cl)c(Cl)cc2n(CCCO)c1=O.O=c1[nH]c2ccc(-c3cccnc3)cc2n(CCCO)c1=O. The number of aromatic amines is 6. The van der Waals surface area contributed by atoms with Crippen molar-refractivity contribution >= 4 is 136 Å². The first-order valence-electron chi connectivity index (χ1n) is 45.3. The molecular weight excluding hydrogens is 1920 g/mol. The number of nitrogens with zero attached hydrogens (tertiary/aromatic N) is 9. The number of hydrogen-bond donors (Lipinski definition) is 14. The molecule has 0 aliphatic carbocycles. The quantitative estimate of drug-likeness (QED) is 0.0283. The Balaban J connectivity index is 0.000000168. The lowest BCUT2D eigenvalue weighted by atomic mass is 9.95. The largest absolute Gasteiger partial charge is 0.396 e. The first-order chi connectivity index (χ1) is 68.5. The van der Waals surface area contributed by atoms with Gasteiger partial charge >= 0.3 is 66.7 Å². The molecule has 143 heavy (non-hydrogen) atoms. The zero-order valence-electron chi connectivity index (χ0n) is 78.5. The highest BCUT2D eigenvalue weighted by Crippen LogP contribution is 2.32. The summed E-state index contributed by atoms with van der Waals surface area (Å²) in [4.78, 5) is 208. The predicted molar refractivity (Wildman–Crippen MR) is 544 cm³/mol. The first-order valence-corrected chi connectivity index (χ1v) is 46.5. The Labute approximate surface area is 824 Å². The van der Waals surface area contributed by atoms with Crippen LogP contribution in [0.1, 0.15) is 90.3 Å². The van der Waals surface area contributed by atoms with Crippen molar-refractivity contribution in [2.45, 2.75) is 138 Å². The van der Waals surface area contributed by atoms with Crippen LogP contribution < -0.4 is 76.5 Å². The second-order valence-corrected chi connectivity index (χ2v) is 34.2. The van der Waals surface area contributed by atoms with E-state index < -0.39 is 84.3 Å². The Morgan fingerprint density at radius 2 is 0.664 bits per heavy atom. The predicted octanol–water partition coefficient (Wildman–Crippen LogP) is 6.19. The number of H-pyrrole nitrogens is 6. The molecule has 0 saturated carbocycles. The number of fused-ring (bicyclic) bond motifs is 8. The monoisotopic (exact) mass is 2030 g/mol. The number of carbonyl (C=O) groups excluding carboxylic acids is 4. The van der Waals surface area contributed by atoms with Crippen LogP contribution >= 0.6 is 34.8 Å². The fraction of sp³-hybridized carbons (Fsp3) is 0.310. The van der Waals surface area contributed by atoms with Gasteiger partial charge < -0.3 is 108 Å². The number of nitrogens with one attached hydrogen (secondary N) is 6. The summed E-state index contributed by atoms with van der Waals surface area (Å²) in [6.45, 7) is 12.0. The summed E-state index contributed by atoms with van der Waals surface area (Å²) in [5.41, 5.74) is 8.76. The highest BCUT2D eigenvalue weighted by molar-refractivity contribution is 6.44. The standard InChI is InChI=1S/C16H15N3O3.C14H17NO3.C13H15NO3.2C12H14N2O3.C11H10Cl2N2O3.C11H11ClN2O3.C11H11FN2O3/c20-8-2-7-19-14-9-11(12-3-1-6-17-10-12)4-5-13(14)18-15(21)16(19)22;1-9-6-11-8-13(17)14(18)15(4-3-5-16)12(11)7-10(9)2;1-9-3-4-11-10(7-9)8-12(16)13(17)14(11)5-2-6-15;2*1-8-3-4-10-9(7-8)13-11(16)12(17)14(10)5-2-6-15;12-6-4-8-9(5-7(6)13)15(2-1-3-16)11(18)10(17)14-8;2*12-7-3-1-4-8-9(7)13-10(16)11(17)14(8)5-2-6-15/h1,3-6,9-10,20H,2,7-8H2,(H,18,21);6-7,16H,3-5,8H2,1-2H3;3-4,7,15H,2,5-6,8H2,1H3;2*3-4,7,15H,2,5-6H2,1H3,(H,13,16);4-5,16H,1-3H2,(H,14,17);2*1,3-4,15H,2,5-6H2,(H,13,16). The number of halogens is 4. The highest BCUT2D eigenvalue weighted by atomic mass is 35.5. The van der Waals surface area contributed by atoms with Crippen molar-refractivity contribution in [1.29, 1.82) is 0 Å². The molecule has 7 aromatic heterocycles. The summed E-state index contributed by atoms with van der Waals surface area (Å²) < 4.78 is 21.5. The number of amides is 2. The topological polar surface area (TPSA) is 579 Å². The van der Waals surface area contributed by atoms with E-state index in [4.69, 9.17) is 75.7 Å². The van der Waals surface area contributed by atoms with Crippen molar-refractivity contribution in [3.05, 3.63) is 342 Å². The third-order valence-corrected chi connectivity index (χ3v) is 23.7. The highest BCUT2D eigenvalue weighted by Gasteiger charge is 2.33. The van der Waals surface area contributed by atoms with Crippen LogP contribution in [0.3, 0.4) is 0 Å². The average molecular weight is 2030 g/mol. The average Bonchev–Trinajstić information content (AvgIpc) is 0.767. The fourth-order valence-corrected chi connectivity index (χ4v) is 16.1. The molecule has 0 atom stereocenters. The molecule has 9 heterocycles. The number of carbonyl (C=O) groups is 4. The molecule has 15 aromatic rings. The molecule has 754 valence electrons. The molecule has 0 saturated heterocycles. The Hall–Kier alpha value is -14.7. The van der Waals surface area contributed by atoms with Crippen molar-refractivity contribution in [2.75, 3.05) is 75.7 Å². The number of Topliss-reactive ketones (excluding diaryl/α,β-unsaturated/α-hetero) is 2. The van der Waals surface area contributed by atoms with Crippen molar-refractivity contribution in [3.63, 3.8) is 0 Å². The molecule has 0 spiro atoms. The van der Waals surface area contributed by atoms with Gasteiger partial charge in [-0.3, -0.25) is 81.7 Å². The van der Waals surface area contributed by atoms with Crippen LogP contribution in [0.15, 0.2) is 216 Å². The summed E-state index contributed by atoms with van der Waals surface area (Å²) in [6.07, 6.45) is 7.18. The maximum Gasteiger partial charge on any atom is 0.316 e. The Bertz CT molecular complexity index is 7770. The summed E-state index contributed by atoms with van der Waals surface area (Å²) in [5, 5.41) is 71.6. The van der Waals surface area contributed by atoms with E-state index in [1.165, 1.54) is 61.5 Å². The lowest BCUT2D eigenvalue weighted by Crippen LogP contribution is -2.42. The molecular formula is C100H107Cl3FN15O24. The number of anilines is 2. The third kappa shape index (κ3) is 27.6. The van der Waals surface area contributed by atoms with E-state index in [1.807, 2.05) is 113 Å². The number of ketones is 2. The van der Waals surface area contributed by atoms with Gasteiger partial charge in [0.05, 0.1) is 75.8 Å². The van der Waals surface area contributed by atoms with Crippen LogP contribution in [0.4, 0.5) is 15.8 Å². The van der Waals surface area contributed by atoms with Crippen molar-refractivity contribution in [2.24, 2.45) is 0 Å². The Morgan fingerprint density at radius 3 is 1.11 bits per heavy atom. The molecule has 39 nitrogen and oxygen atoms in total. The minimum atomic E-state index is -0.861. The van der Waals surface area contributed by atoms with Gasteiger partial charge in [-0.15, -0.1) is 0 Å². The molecule has 2 amide bonds. The molecule has 0 bridgehead atoms. The van der Waals surface area contributed by atoms with Crippen LogP contribution in [0.5, 0.6) is 0 Å². The van der Waals surface area contributed by atoms with Crippen LogP contribution in [-0.2, 0) is 71.3 Å². The molecule has 0 fully saturated rings. The van der Waals surface area contributed by atoms with E-state index in [0.717, 1.165) is 61.4 Å². The Kier molecular flexibility index (Phi) is 40.2. The maximum atomic E-state index is 13.5. The van der Waals surface area contributed by atoms with E-state index in [9.17, 15) is 81.1 Å².